The van der Waals surface area contributed by atoms with Gasteiger partial charge in [-0.3, -0.25) is 0 Å². The van der Waals surface area contributed by atoms with Crippen LogP contribution in [0.1, 0.15) is 23.8 Å². The summed E-state index contributed by atoms with van der Waals surface area (Å²) in [7, 11) is 3.36. The molecule has 0 radical (unpaired) electrons. The number of hydrogen-bond acceptors (Lipinski definition) is 4. The van der Waals surface area contributed by atoms with E-state index in [0.717, 1.165) is 45.1 Å². The first-order valence-electron chi connectivity index (χ1n) is 7.97. The number of methoxy groups -OCH3 is 2. The summed E-state index contributed by atoms with van der Waals surface area (Å²) in [5, 5.41) is 1.01. The summed E-state index contributed by atoms with van der Waals surface area (Å²) in [6, 6.07) is 11.7. The Labute approximate surface area is 140 Å². The maximum atomic E-state index is 6.27. The minimum Gasteiger partial charge on any atom is -0.496 e. The lowest BCUT2D eigenvalue weighted by Crippen LogP contribution is -2.26. The third-order valence-corrected chi connectivity index (χ3v) is 4.91. The predicted octanol–water partition coefficient (Wildman–Crippen LogP) is 4.46. The molecular weight excluding hydrogens is 304 g/mol. The summed E-state index contributed by atoms with van der Waals surface area (Å²) in [5.41, 5.74) is 2.53. The Morgan fingerprint density at radius 3 is 2.46 bits per heavy atom. The monoisotopic (exact) mass is 324 g/mol. The molecule has 4 nitrogen and oxygen atoms in total. The van der Waals surface area contributed by atoms with Gasteiger partial charge in [0.05, 0.1) is 30.6 Å². The molecule has 1 aliphatic rings. The Hall–Kier alpha value is -2.62. The topological polar surface area (TPSA) is 40.8 Å². The zero-order chi connectivity index (χ0) is 16.9. The van der Waals surface area contributed by atoms with Gasteiger partial charge in [-0.1, -0.05) is 12.1 Å². The third kappa shape index (κ3) is 1.86. The van der Waals surface area contributed by atoms with Gasteiger partial charge in [-0.15, -0.1) is 0 Å². The van der Waals surface area contributed by atoms with Crippen LogP contribution in [0.25, 0.3) is 11.0 Å². The second-order valence-corrected chi connectivity index (χ2v) is 6.34. The first-order chi connectivity index (χ1) is 11.6. The molecule has 4 rings (SSSR count). The summed E-state index contributed by atoms with van der Waals surface area (Å²) < 4.78 is 23.3. The van der Waals surface area contributed by atoms with Gasteiger partial charge in [0, 0.05) is 5.56 Å². The van der Waals surface area contributed by atoms with E-state index in [2.05, 4.69) is 13.8 Å². The minimum atomic E-state index is -0.407. The summed E-state index contributed by atoms with van der Waals surface area (Å²) in [5.74, 6) is 3.39. The first kappa shape index (κ1) is 14.9. The van der Waals surface area contributed by atoms with Gasteiger partial charge >= 0.3 is 0 Å². The maximum absolute atomic E-state index is 6.27. The predicted molar refractivity (Wildman–Crippen MR) is 92.4 cm³/mol. The van der Waals surface area contributed by atoms with Crippen molar-refractivity contribution in [1.82, 2.24) is 0 Å². The van der Waals surface area contributed by atoms with E-state index in [1.165, 1.54) is 0 Å². The molecule has 0 aliphatic carbocycles. The quantitative estimate of drug-likeness (QED) is 0.713. The summed E-state index contributed by atoms with van der Waals surface area (Å²) in [6.45, 7) is 4.73. The Morgan fingerprint density at radius 2 is 1.71 bits per heavy atom. The van der Waals surface area contributed by atoms with Crippen LogP contribution in [0.15, 0.2) is 40.8 Å². The SMILES string of the molecule is COc1cccc2c1C(C)(c1oc3cccc(OC)c3c1C)CO2. The van der Waals surface area contributed by atoms with Crippen LogP contribution in [0.4, 0.5) is 0 Å². The average Bonchev–Trinajstić information content (AvgIpc) is 3.14. The van der Waals surface area contributed by atoms with Crippen molar-refractivity contribution in [3.05, 3.63) is 53.3 Å². The van der Waals surface area contributed by atoms with Crippen molar-refractivity contribution < 1.29 is 18.6 Å². The van der Waals surface area contributed by atoms with Gasteiger partial charge in [-0.05, 0) is 38.1 Å². The molecule has 2 aromatic carbocycles. The van der Waals surface area contributed by atoms with Crippen molar-refractivity contribution in [3.8, 4) is 17.2 Å². The smallest absolute Gasteiger partial charge is 0.138 e. The molecule has 0 amide bonds. The minimum absolute atomic E-state index is 0.407. The molecule has 124 valence electrons. The number of fused-ring (bicyclic) bond motifs is 2. The van der Waals surface area contributed by atoms with Crippen LogP contribution in [0, 0.1) is 6.92 Å². The molecule has 24 heavy (non-hydrogen) atoms. The lowest BCUT2D eigenvalue weighted by Gasteiger charge is -2.22. The largest absolute Gasteiger partial charge is 0.496 e. The number of hydrogen-bond donors (Lipinski definition) is 0. The van der Waals surface area contributed by atoms with E-state index in [1.807, 2.05) is 36.4 Å². The van der Waals surface area contributed by atoms with Crippen LogP contribution >= 0.6 is 0 Å². The fourth-order valence-electron chi connectivity index (χ4n) is 3.78. The fraction of sp³-hybridized carbons (Fsp3) is 0.300. The molecule has 3 aromatic rings. The standard InChI is InChI=1S/C20H20O4/c1-12-17-13(21-3)7-5-8-14(17)24-19(12)20(2)11-23-16-10-6-9-15(22-4)18(16)20/h5-10H,11H2,1-4H3. The Morgan fingerprint density at radius 1 is 1.00 bits per heavy atom. The molecule has 1 aliphatic heterocycles. The third-order valence-electron chi connectivity index (χ3n) is 4.91. The van der Waals surface area contributed by atoms with Gasteiger partial charge < -0.3 is 18.6 Å². The first-order valence-corrected chi connectivity index (χ1v) is 7.97. The lowest BCUT2D eigenvalue weighted by molar-refractivity contribution is 0.279. The average molecular weight is 324 g/mol. The van der Waals surface area contributed by atoms with Gasteiger partial charge in [0.15, 0.2) is 0 Å². The highest BCUT2D eigenvalue weighted by atomic mass is 16.5. The highest BCUT2D eigenvalue weighted by Gasteiger charge is 2.44. The van der Waals surface area contributed by atoms with Gasteiger partial charge in [0.2, 0.25) is 0 Å². The Balaban J connectivity index is 1.99. The summed E-state index contributed by atoms with van der Waals surface area (Å²) in [6.07, 6.45) is 0. The van der Waals surface area contributed by atoms with Crippen LogP contribution in [0.3, 0.4) is 0 Å². The van der Waals surface area contributed by atoms with E-state index >= 15 is 0 Å². The van der Waals surface area contributed by atoms with Crippen molar-refractivity contribution in [3.63, 3.8) is 0 Å². The van der Waals surface area contributed by atoms with Gasteiger partial charge in [0.1, 0.15) is 35.2 Å². The van der Waals surface area contributed by atoms with Crippen molar-refractivity contribution in [2.24, 2.45) is 0 Å². The van der Waals surface area contributed by atoms with E-state index in [0.29, 0.717) is 6.61 Å². The zero-order valence-corrected chi connectivity index (χ0v) is 14.3. The normalized spacial score (nSPS) is 19.2. The van der Waals surface area contributed by atoms with Crippen molar-refractivity contribution >= 4 is 11.0 Å². The van der Waals surface area contributed by atoms with E-state index in [4.69, 9.17) is 18.6 Å². The molecule has 0 N–H and O–H groups in total. The zero-order valence-electron chi connectivity index (χ0n) is 14.3. The molecular formula is C20H20O4. The molecule has 0 bridgehead atoms. The molecule has 0 fully saturated rings. The van der Waals surface area contributed by atoms with Crippen molar-refractivity contribution in [1.29, 1.82) is 0 Å². The van der Waals surface area contributed by atoms with E-state index in [-0.39, 0.29) is 0 Å². The number of benzene rings is 2. The van der Waals surface area contributed by atoms with Gasteiger partial charge in [0.25, 0.3) is 0 Å². The molecule has 0 saturated heterocycles. The number of ether oxygens (including phenoxy) is 3. The fourth-order valence-corrected chi connectivity index (χ4v) is 3.78. The summed E-state index contributed by atoms with van der Waals surface area (Å²) in [4.78, 5) is 0. The summed E-state index contributed by atoms with van der Waals surface area (Å²) >= 11 is 0. The molecule has 4 heteroatoms. The van der Waals surface area contributed by atoms with Crippen LogP contribution in [0.2, 0.25) is 0 Å². The van der Waals surface area contributed by atoms with Gasteiger partial charge in [-0.25, -0.2) is 0 Å². The highest BCUT2D eigenvalue weighted by molar-refractivity contribution is 5.89. The second kappa shape index (κ2) is 5.20. The molecule has 0 spiro atoms. The number of furan rings is 1. The van der Waals surface area contributed by atoms with E-state index in [1.54, 1.807) is 14.2 Å². The van der Waals surface area contributed by atoms with Crippen LogP contribution in [-0.2, 0) is 5.41 Å². The van der Waals surface area contributed by atoms with E-state index in [9.17, 15) is 0 Å². The molecule has 0 saturated carbocycles. The molecule has 1 unspecified atom stereocenters. The second-order valence-electron chi connectivity index (χ2n) is 6.34. The van der Waals surface area contributed by atoms with E-state index < -0.39 is 5.41 Å². The maximum Gasteiger partial charge on any atom is 0.138 e. The number of rotatable bonds is 3. The Bertz CT molecular complexity index is 925. The Kier molecular flexibility index (Phi) is 3.23. The molecule has 1 aromatic heterocycles. The lowest BCUT2D eigenvalue weighted by atomic mass is 9.80. The highest BCUT2D eigenvalue weighted by Crippen LogP contribution is 2.50. The van der Waals surface area contributed by atoms with Crippen LogP contribution in [-0.4, -0.2) is 20.8 Å². The number of aryl methyl sites for hydroxylation is 1. The van der Waals surface area contributed by atoms with Gasteiger partial charge in [-0.2, -0.15) is 0 Å². The molecule has 2 heterocycles. The van der Waals surface area contributed by atoms with Crippen LogP contribution in [0.5, 0.6) is 17.2 Å². The van der Waals surface area contributed by atoms with Crippen molar-refractivity contribution in [2.45, 2.75) is 19.3 Å². The van der Waals surface area contributed by atoms with Crippen molar-refractivity contribution in [2.75, 3.05) is 20.8 Å². The van der Waals surface area contributed by atoms with Crippen LogP contribution < -0.4 is 14.2 Å². The molecule has 1 atom stereocenters.